The molecule has 1 aliphatic rings. The third-order valence-corrected chi connectivity index (χ3v) is 5.67. The van der Waals surface area contributed by atoms with Gasteiger partial charge in [-0.05, 0) is 56.7 Å². The van der Waals surface area contributed by atoms with E-state index < -0.39 is 5.54 Å². The largest absolute Gasteiger partial charge is 0.353 e. The molecule has 0 saturated carbocycles. The second-order valence-corrected chi connectivity index (χ2v) is 6.48. The quantitative estimate of drug-likeness (QED) is 0.801. The van der Waals surface area contributed by atoms with Gasteiger partial charge in [0.1, 0.15) is 5.54 Å². The van der Waals surface area contributed by atoms with Gasteiger partial charge < -0.3 is 10.6 Å². The molecule has 1 fully saturated rings. The smallest absolute Gasteiger partial charge is 0.248 e. The zero-order chi connectivity index (χ0) is 16.1. The molecule has 0 bridgehead atoms. The molecule has 0 aliphatic carbocycles. The van der Waals surface area contributed by atoms with Crippen molar-refractivity contribution in [2.24, 2.45) is 5.41 Å². The van der Waals surface area contributed by atoms with Crippen LogP contribution < -0.4 is 10.6 Å². The van der Waals surface area contributed by atoms with Gasteiger partial charge in [-0.2, -0.15) is 5.10 Å². The van der Waals surface area contributed by atoms with Crippen LogP contribution in [-0.4, -0.2) is 35.3 Å². The predicted molar refractivity (Wildman–Crippen MR) is 95.9 cm³/mol. The van der Waals surface area contributed by atoms with Gasteiger partial charge >= 0.3 is 0 Å². The fourth-order valence-electron chi connectivity index (χ4n) is 3.48. The van der Waals surface area contributed by atoms with Crippen LogP contribution in [0.25, 0.3) is 0 Å². The van der Waals surface area contributed by atoms with Crippen molar-refractivity contribution in [1.29, 1.82) is 0 Å². The summed E-state index contributed by atoms with van der Waals surface area (Å²) in [6.45, 7) is 9.11. The van der Waals surface area contributed by atoms with Crippen molar-refractivity contribution in [3.63, 3.8) is 0 Å². The Labute approximate surface area is 146 Å². The summed E-state index contributed by atoms with van der Waals surface area (Å²) in [7, 11) is 0. The van der Waals surface area contributed by atoms with Gasteiger partial charge in [0.15, 0.2) is 0 Å². The summed E-state index contributed by atoms with van der Waals surface area (Å²) in [4.78, 5) is 13.0. The normalized spacial score (nSPS) is 17.3. The highest BCUT2D eigenvalue weighted by molar-refractivity contribution is 5.85. The zero-order valence-corrected chi connectivity index (χ0v) is 15.4. The monoisotopic (exact) mass is 342 g/mol. The molecule has 2 rings (SSSR count). The first-order valence-electron chi connectivity index (χ1n) is 8.61. The SMILES string of the molecule is CCC(CC)(CC)CNC(=O)C1(n2cccn2)CCNCC1.Cl. The Balaban J connectivity index is 0.00000264. The van der Waals surface area contributed by atoms with Crippen molar-refractivity contribution in [2.45, 2.75) is 58.4 Å². The number of nitrogens with one attached hydrogen (secondary N) is 2. The van der Waals surface area contributed by atoms with Crippen molar-refractivity contribution in [2.75, 3.05) is 19.6 Å². The Morgan fingerprint density at radius 2 is 1.87 bits per heavy atom. The summed E-state index contributed by atoms with van der Waals surface area (Å²) < 4.78 is 1.86. The number of carbonyl (C=O) groups excluding carboxylic acids is 1. The van der Waals surface area contributed by atoms with Gasteiger partial charge in [-0.1, -0.05) is 20.8 Å². The number of halogens is 1. The van der Waals surface area contributed by atoms with Crippen LogP contribution in [0.2, 0.25) is 0 Å². The van der Waals surface area contributed by atoms with E-state index in [1.54, 1.807) is 6.20 Å². The fourth-order valence-corrected chi connectivity index (χ4v) is 3.48. The second-order valence-electron chi connectivity index (χ2n) is 6.48. The van der Waals surface area contributed by atoms with Gasteiger partial charge in [-0.15, -0.1) is 12.4 Å². The van der Waals surface area contributed by atoms with Gasteiger partial charge in [0, 0.05) is 18.9 Å². The standard InChI is InChI=1S/C17H30N4O.ClH/c1-4-16(5-2,6-3)14-19-15(22)17(8-11-18-12-9-17)21-13-7-10-20-21;/h7,10,13,18H,4-6,8-9,11-12,14H2,1-3H3,(H,19,22);1H. The van der Waals surface area contributed by atoms with Crippen LogP contribution in [-0.2, 0) is 10.3 Å². The lowest BCUT2D eigenvalue weighted by molar-refractivity contribution is -0.132. The predicted octanol–water partition coefficient (Wildman–Crippen LogP) is 2.72. The van der Waals surface area contributed by atoms with Crippen molar-refractivity contribution in [1.82, 2.24) is 20.4 Å². The first-order chi connectivity index (χ1) is 10.6. The molecule has 0 unspecified atom stereocenters. The fraction of sp³-hybridized carbons (Fsp3) is 0.765. The lowest BCUT2D eigenvalue weighted by Gasteiger charge is -2.38. The number of piperidine rings is 1. The number of amides is 1. The van der Waals surface area contributed by atoms with Crippen LogP contribution in [0, 0.1) is 5.41 Å². The highest BCUT2D eigenvalue weighted by Gasteiger charge is 2.42. The Morgan fingerprint density at radius 3 is 2.35 bits per heavy atom. The van der Waals surface area contributed by atoms with Crippen molar-refractivity contribution < 1.29 is 4.79 Å². The molecule has 1 aliphatic heterocycles. The Morgan fingerprint density at radius 1 is 1.26 bits per heavy atom. The lowest BCUT2D eigenvalue weighted by Crippen LogP contribution is -2.55. The maximum Gasteiger partial charge on any atom is 0.248 e. The summed E-state index contributed by atoms with van der Waals surface area (Å²) in [5.74, 6) is 0.123. The molecule has 132 valence electrons. The highest BCUT2D eigenvalue weighted by atomic mass is 35.5. The van der Waals surface area contributed by atoms with Crippen molar-refractivity contribution >= 4 is 18.3 Å². The lowest BCUT2D eigenvalue weighted by atomic mass is 9.79. The molecular weight excluding hydrogens is 312 g/mol. The third-order valence-electron chi connectivity index (χ3n) is 5.67. The third kappa shape index (κ3) is 4.07. The molecule has 1 saturated heterocycles. The van der Waals surface area contributed by atoms with Crippen LogP contribution in [0.4, 0.5) is 0 Å². The van der Waals surface area contributed by atoms with Gasteiger partial charge in [0.25, 0.3) is 0 Å². The molecule has 1 amide bonds. The molecule has 0 radical (unpaired) electrons. The van der Waals surface area contributed by atoms with Crippen LogP contribution in [0.15, 0.2) is 18.5 Å². The van der Waals surface area contributed by atoms with Crippen LogP contribution in [0.3, 0.4) is 0 Å². The molecular formula is C17H31ClN4O. The maximum absolute atomic E-state index is 13.0. The number of carbonyl (C=O) groups is 1. The Bertz CT molecular complexity index is 457. The second kappa shape index (κ2) is 8.69. The first kappa shape index (κ1) is 20.0. The minimum atomic E-state index is -0.532. The van der Waals surface area contributed by atoms with Gasteiger partial charge in [0.2, 0.25) is 5.91 Å². The van der Waals surface area contributed by atoms with E-state index in [2.05, 4.69) is 36.5 Å². The van der Waals surface area contributed by atoms with E-state index >= 15 is 0 Å². The number of aromatic nitrogens is 2. The van der Waals surface area contributed by atoms with Crippen LogP contribution in [0.5, 0.6) is 0 Å². The number of hydrogen-bond donors (Lipinski definition) is 2. The van der Waals surface area contributed by atoms with E-state index in [4.69, 9.17) is 0 Å². The van der Waals surface area contributed by atoms with Crippen molar-refractivity contribution in [3.05, 3.63) is 18.5 Å². The average molecular weight is 343 g/mol. The Kier molecular flexibility index (Phi) is 7.55. The van der Waals surface area contributed by atoms with Crippen LogP contribution >= 0.6 is 12.4 Å². The molecule has 1 aromatic rings. The van der Waals surface area contributed by atoms with Gasteiger partial charge in [-0.25, -0.2) is 0 Å². The topological polar surface area (TPSA) is 59.0 Å². The average Bonchev–Trinajstić information content (AvgIpc) is 3.12. The molecule has 0 aromatic carbocycles. The minimum Gasteiger partial charge on any atom is -0.353 e. The van der Waals surface area contributed by atoms with E-state index in [9.17, 15) is 4.79 Å². The molecule has 1 aromatic heterocycles. The summed E-state index contributed by atoms with van der Waals surface area (Å²) >= 11 is 0. The van der Waals surface area contributed by atoms with Gasteiger partial charge in [0.05, 0.1) is 0 Å². The van der Waals surface area contributed by atoms with E-state index in [0.717, 1.165) is 51.7 Å². The number of hydrogen-bond acceptors (Lipinski definition) is 3. The summed E-state index contributed by atoms with van der Waals surface area (Å²) in [5.41, 5.74) is -0.316. The van der Waals surface area contributed by atoms with E-state index in [1.807, 2.05) is 16.9 Å². The molecule has 0 spiro atoms. The minimum absolute atomic E-state index is 0. The molecule has 2 N–H and O–H groups in total. The molecule has 6 heteroatoms. The molecule has 23 heavy (non-hydrogen) atoms. The van der Waals surface area contributed by atoms with E-state index in [0.29, 0.717) is 0 Å². The van der Waals surface area contributed by atoms with Crippen LogP contribution in [0.1, 0.15) is 52.9 Å². The summed E-state index contributed by atoms with van der Waals surface area (Å²) in [5, 5.41) is 11.0. The first-order valence-corrected chi connectivity index (χ1v) is 8.61. The number of rotatable bonds is 7. The van der Waals surface area contributed by atoms with Gasteiger partial charge in [-0.3, -0.25) is 9.48 Å². The summed E-state index contributed by atoms with van der Waals surface area (Å²) in [6.07, 6.45) is 8.53. The zero-order valence-electron chi connectivity index (χ0n) is 14.6. The Hall–Kier alpha value is -1.07. The summed E-state index contributed by atoms with van der Waals surface area (Å²) in [6, 6.07) is 1.89. The highest BCUT2D eigenvalue weighted by Crippen LogP contribution is 2.31. The molecule has 5 nitrogen and oxygen atoms in total. The van der Waals surface area contributed by atoms with Crippen molar-refractivity contribution in [3.8, 4) is 0 Å². The molecule has 0 atom stereocenters. The molecule has 2 heterocycles. The van der Waals surface area contributed by atoms with E-state index in [1.165, 1.54) is 0 Å². The maximum atomic E-state index is 13.0. The number of nitrogens with zero attached hydrogens (tertiary/aromatic N) is 2. The van der Waals surface area contributed by atoms with E-state index in [-0.39, 0.29) is 23.7 Å².